The number of likely N-dealkylation sites (N-methyl/N-ethyl adjacent to an activating group) is 1. The van der Waals surface area contributed by atoms with Crippen molar-refractivity contribution in [3.63, 3.8) is 0 Å². The van der Waals surface area contributed by atoms with Crippen LogP contribution >= 0.6 is 0 Å². The number of rotatable bonds is 2. The van der Waals surface area contributed by atoms with Gasteiger partial charge in [0, 0.05) is 44.6 Å². The molecule has 1 saturated heterocycles. The van der Waals surface area contributed by atoms with Gasteiger partial charge in [-0.3, -0.25) is 4.90 Å². The number of ether oxygens (including phenoxy) is 1. The van der Waals surface area contributed by atoms with Crippen LogP contribution in [0.2, 0.25) is 0 Å². The molecule has 1 aromatic heterocycles. The van der Waals surface area contributed by atoms with Gasteiger partial charge in [0.05, 0.1) is 12.1 Å². The summed E-state index contributed by atoms with van der Waals surface area (Å²) in [5.41, 5.74) is 1.09. The Hall–Kier alpha value is -1.85. The summed E-state index contributed by atoms with van der Waals surface area (Å²) >= 11 is 0. The molecule has 3 heterocycles. The van der Waals surface area contributed by atoms with Crippen LogP contribution in [-0.2, 0) is 6.54 Å². The lowest BCUT2D eigenvalue weighted by Gasteiger charge is -2.39. The molecule has 122 valence electrons. The molecule has 2 atom stereocenters. The van der Waals surface area contributed by atoms with Gasteiger partial charge in [0.2, 0.25) is 0 Å². The Balaban J connectivity index is 1.62. The average molecular weight is 312 g/mol. The van der Waals surface area contributed by atoms with Crippen molar-refractivity contribution < 1.29 is 4.74 Å². The lowest BCUT2D eigenvalue weighted by molar-refractivity contribution is 0.0391. The maximum absolute atomic E-state index is 6.42. The van der Waals surface area contributed by atoms with Gasteiger partial charge in [-0.15, -0.1) is 0 Å². The second-order valence-electron chi connectivity index (χ2n) is 6.64. The zero-order valence-corrected chi connectivity index (χ0v) is 13.9. The fourth-order valence-electron chi connectivity index (χ4n) is 3.56. The first kappa shape index (κ1) is 14.7. The summed E-state index contributed by atoms with van der Waals surface area (Å²) in [6, 6.07) is 8.62. The molecule has 0 amide bonds. The maximum atomic E-state index is 6.42. The molecule has 2 aromatic rings. The van der Waals surface area contributed by atoms with Crippen molar-refractivity contribution in [1.29, 1.82) is 0 Å². The van der Waals surface area contributed by atoms with E-state index >= 15 is 0 Å². The molecule has 0 N–H and O–H groups in total. The quantitative estimate of drug-likeness (QED) is 0.849. The zero-order valence-electron chi connectivity index (χ0n) is 13.9. The van der Waals surface area contributed by atoms with Crippen molar-refractivity contribution in [2.75, 3.05) is 33.2 Å². The topological polar surface area (TPSA) is 33.5 Å². The number of imidazole rings is 1. The van der Waals surface area contributed by atoms with Crippen LogP contribution in [0.1, 0.15) is 6.92 Å². The van der Waals surface area contributed by atoms with Crippen LogP contribution in [0, 0.1) is 0 Å². The van der Waals surface area contributed by atoms with Gasteiger partial charge in [-0.2, -0.15) is 0 Å². The maximum Gasteiger partial charge on any atom is 0.143 e. The number of fused-ring (bicyclic) bond motifs is 3. The first-order valence-corrected chi connectivity index (χ1v) is 8.42. The number of para-hydroxylation sites is 1. The fourth-order valence-corrected chi connectivity index (χ4v) is 3.56. The molecular formula is C18H24N4O. The number of aromatic nitrogens is 2. The molecule has 0 saturated carbocycles. The molecule has 23 heavy (non-hydrogen) atoms. The van der Waals surface area contributed by atoms with E-state index in [9.17, 15) is 0 Å². The van der Waals surface area contributed by atoms with E-state index in [0.717, 1.165) is 49.9 Å². The molecule has 2 unspecified atom stereocenters. The minimum absolute atomic E-state index is 0.134. The lowest BCUT2D eigenvalue weighted by atomic mass is 10.1. The molecule has 0 aliphatic carbocycles. The Labute approximate surface area is 137 Å². The van der Waals surface area contributed by atoms with Gasteiger partial charge < -0.3 is 14.2 Å². The molecule has 2 aliphatic heterocycles. The third-order valence-corrected chi connectivity index (χ3v) is 5.15. The van der Waals surface area contributed by atoms with Crippen molar-refractivity contribution >= 4 is 0 Å². The van der Waals surface area contributed by atoms with Gasteiger partial charge in [0.1, 0.15) is 17.7 Å². The molecular weight excluding hydrogens is 288 g/mol. The van der Waals surface area contributed by atoms with Gasteiger partial charge in [-0.25, -0.2) is 4.98 Å². The van der Waals surface area contributed by atoms with Crippen LogP contribution in [0.4, 0.5) is 0 Å². The summed E-state index contributed by atoms with van der Waals surface area (Å²) in [6.45, 7) is 7.61. The number of piperazine rings is 1. The summed E-state index contributed by atoms with van der Waals surface area (Å²) < 4.78 is 8.65. The highest BCUT2D eigenvalue weighted by Crippen LogP contribution is 2.33. The van der Waals surface area contributed by atoms with Gasteiger partial charge >= 0.3 is 0 Å². The first-order valence-electron chi connectivity index (χ1n) is 8.42. The third kappa shape index (κ3) is 2.75. The Morgan fingerprint density at radius 2 is 1.96 bits per heavy atom. The monoisotopic (exact) mass is 312 g/mol. The minimum Gasteiger partial charge on any atom is -0.486 e. The predicted octanol–water partition coefficient (Wildman–Crippen LogP) is 1.95. The molecule has 1 fully saturated rings. The number of hydrogen-bond acceptors (Lipinski definition) is 4. The van der Waals surface area contributed by atoms with Gasteiger partial charge in [0.15, 0.2) is 0 Å². The lowest BCUT2D eigenvalue weighted by Crippen LogP contribution is -2.53. The van der Waals surface area contributed by atoms with Crippen LogP contribution in [0.3, 0.4) is 0 Å². The highest BCUT2D eigenvalue weighted by Gasteiger charge is 2.31. The van der Waals surface area contributed by atoms with Crippen molar-refractivity contribution in [2.45, 2.75) is 25.6 Å². The normalized spacial score (nSPS) is 23.5. The summed E-state index contributed by atoms with van der Waals surface area (Å²) in [6.07, 6.45) is 4.08. The molecule has 0 bridgehead atoms. The van der Waals surface area contributed by atoms with Crippen LogP contribution in [0.5, 0.6) is 5.75 Å². The van der Waals surface area contributed by atoms with E-state index in [4.69, 9.17) is 4.74 Å². The van der Waals surface area contributed by atoms with E-state index in [1.165, 1.54) is 0 Å². The Kier molecular flexibility index (Phi) is 3.83. The highest BCUT2D eigenvalue weighted by atomic mass is 16.5. The highest BCUT2D eigenvalue weighted by molar-refractivity contribution is 5.65. The smallest absolute Gasteiger partial charge is 0.143 e. The van der Waals surface area contributed by atoms with Gasteiger partial charge in [0.25, 0.3) is 0 Å². The van der Waals surface area contributed by atoms with Crippen LogP contribution in [0.25, 0.3) is 11.4 Å². The Bertz CT molecular complexity index is 675. The van der Waals surface area contributed by atoms with E-state index in [1.54, 1.807) is 0 Å². The summed E-state index contributed by atoms with van der Waals surface area (Å²) in [7, 11) is 2.19. The van der Waals surface area contributed by atoms with E-state index in [1.807, 2.05) is 18.3 Å². The van der Waals surface area contributed by atoms with Crippen molar-refractivity contribution in [3.8, 4) is 17.1 Å². The van der Waals surface area contributed by atoms with Crippen LogP contribution in [-0.4, -0.2) is 64.7 Å². The predicted molar refractivity (Wildman–Crippen MR) is 90.6 cm³/mol. The molecule has 2 aliphatic rings. The van der Waals surface area contributed by atoms with E-state index in [2.05, 4.69) is 51.7 Å². The van der Waals surface area contributed by atoms with Crippen molar-refractivity contribution in [3.05, 3.63) is 36.7 Å². The van der Waals surface area contributed by atoms with Crippen LogP contribution < -0.4 is 4.74 Å². The molecule has 1 aromatic carbocycles. The van der Waals surface area contributed by atoms with E-state index in [-0.39, 0.29) is 6.10 Å². The molecule has 5 heteroatoms. The second kappa shape index (κ2) is 5.98. The summed E-state index contributed by atoms with van der Waals surface area (Å²) in [4.78, 5) is 9.48. The number of hydrogen-bond donors (Lipinski definition) is 0. The first-order chi connectivity index (χ1) is 11.2. The second-order valence-corrected chi connectivity index (χ2v) is 6.64. The van der Waals surface area contributed by atoms with E-state index < -0.39 is 0 Å². The van der Waals surface area contributed by atoms with Crippen molar-refractivity contribution in [2.24, 2.45) is 0 Å². The number of benzene rings is 1. The number of nitrogens with zero attached hydrogens (tertiary/aromatic N) is 4. The third-order valence-electron chi connectivity index (χ3n) is 5.15. The zero-order chi connectivity index (χ0) is 15.8. The largest absolute Gasteiger partial charge is 0.486 e. The standard InChI is InChI=1S/C18H24N4O/c1-14(21-11-9-20(2)10-12-21)17-13-22-8-7-19-18(22)15-5-3-4-6-16(15)23-17/h3-8,14,17H,9-13H2,1-2H3. The van der Waals surface area contributed by atoms with Gasteiger partial charge in [-0.05, 0) is 26.1 Å². The Morgan fingerprint density at radius 3 is 2.78 bits per heavy atom. The SMILES string of the molecule is CC(C1Cn2ccnc2-c2ccccc2O1)N1CCN(C)CC1. The summed E-state index contributed by atoms with van der Waals surface area (Å²) in [5, 5.41) is 0. The van der Waals surface area contributed by atoms with Gasteiger partial charge in [-0.1, -0.05) is 12.1 Å². The molecule has 0 radical (unpaired) electrons. The molecule has 5 nitrogen and oxygen atoms in total. The molecule has 4 rings (SSSR count). The minimum atomic E-state index is 0.134. The summed E-state index contributed by atoms with van der Waals surface area (Å²) in [5.74, 6) is 1.96. The average Bonchev–Trinajstić information content (AvgIpc) is 2.97. The Morgan fingerprint density at radius 1 is 1.17 bits per heavy atom. The van der Waals surface area contributed by atoms with Crippen LogP contribution in [0.15, 0.2) is 36.7 Å². The molecule has 0 spiro atoms. The van der Waals surface area contributed by atoms with Crippen molar-refractivity contribution in [1.82, 2.24) is 19.4 Å². The van der Waals surface area contributed by atoms with E-state index in [0.29, 0.717) is 6.04 Å². The fraction of sp³-hybridized carbons (Fsp3) is 0.500.